The van der Waals surface area contributed by atoms with E-state index in [1.54, 1.807) is 25.3 Å². The number of benzene rings is 1. The second-order valence-corrected chi connectivity index (χ2v) is 8.32. The number of ether oxygens (including phenoxy) is 3. The highest BCUT2D eigenvalue weighted by atomic mass is 32.2. The quantitative estimate of drug-likeness (QED) is 0.603. The molecule has 0 aliphatic carbocycles. The Labute approximate surface area is 160 Å². The van der Waals surface area contributed by atoms with Crippen molar-refractivity contribution < 1.29 is 27.4 Å². The van der Waals surface area contributed by atoms with E-state index < -0.39 is 16.1 Å². The third-order valence-electron chi connectivity index (χ3n) is 4.30. The van der Waals surface area contributed by atoms with Crippen LogP contribution in [0.1, 0.15) is 26.2 Å². The summed E-state index contributed by atoms with van der Waals surface area (Å²) in [6, 6.07) is 4.37. The van der Waals surface area contributed by atoms with Crippen molar-refractivity contribution in [1.82, 2.24) is 4.31 Å². The van der Waals surface area contributed by atoms with Gasteiger partial charge in [0.1, 0.15) is 12.6 Å². The van der Waals surface area contributed by atoms with E-state index in [2.05, 4.69) is 5.32 Å². The van der Waals surface area contributed by atoms with Crippen LogP contribution in [-0.4, -0.2) is 64.4 Å². The molecule has 152 valence electrons. The van der Waals surface area contributed by atoms with Crippen LogP contribution in [0, 0.1) is 0 Å². The van der Waals surface area contributed by atoms with Gasteiger partial charge in [-0.05, 0) is 31.4 Å². The SMILES string of the molecule is CCCS(=O)(=O)N1CCCC1C(=O)Nc1ccc(OC)c(OCCOC)c1. The third-order valence-corrected chi connectivity index (χ3v) is 6.38. The van der Waals surface area contributed by atoms with Gasteiger partial charge in [-0.15, -0.1) is 0 Å². The Morgan fingerprint density at radius 3 is 2.70 bits per heavy atom. The van der Waals surface area contributed by atoms with Gasteiger partial charge < -0.3 is 19.5 Å². The number of sulfonamides is 1. The van der Waals surface area contributed by atoms with E-state index >= 15 is 0 Å². The van der Waals surface area contributed by atoms with Gasteiger partial charge in [0.05, 0.1) is 19.5 Å². The average molecular weight is 400 g/mol. The van der Waals surface area contributed by atoms with Gasteiger partial charge in [-0.3, -0.25) is 4.79 Å². The Morgan fingerprint density at radius 1 is 1.26 bits per heavy atom. The summed E-state index contributed by atoms with van der Waals surface area (Å²) in [5, 5.41) is 2.80. The van der Waals surface area contributed by atoms with Crippen LogP contribution in [0.3, 0.4) is 0 Å². The molecule has 1 heterocycles. The monoisotopic (exact) mass is 400 g/mol. The molecular formula is C18H28N2O6S. The smallest absolute Gasteiger partial charge is 0.242 e. The molecule has 1 amide bonds. The number of nitrogens with one attached hydrogen (secondary N) is 1. The van der Waals surface area contributed by atoms with Crippen molar-refractivity contribution in [2.45, 2.75) is 32.2 Å². The summed E-state index contributed by atoms with van der Waals surface area (Å²) in [5.41, 5.74) is 0.521. The predicted octanol–water partition coefficient (Wildman–Crippen LogP) is 1.86. The summed E-state index contributed by atoms with van der Waals surface area (Å²) in [4.78, 5) is 12.7. The van der Waals surface area contributed by atoms with Gasteiger partial charge in [0.2, 0.25) is 15.9 Å². The largest absolute Gasteiger partial charge is 0.493 e. The van der Waals surface area contributed by atoms with Crippen molar-refractivity contribution in [3.8, 4) is 11.5 Å². The Morgan fingerprint density at radius 2 is 2.04 bits per heavy atom. The molecule has 9 heteroatoms. The molecule has 0 radical (unpaired) electrons. The molecule has 1 atom stereocenters. The van der Waals surface area contributed by atoms with Gasteiger partial charge in [-0.25, -0.2) is 8.42 Å². The Hall–Kier alpha value is -1.84. The molecule has 1 fully saturated rings. The minimum atomic E-state index is -3.42. The minimum Gasteiger partial charge on any atom is -0.493 e. The lowest BCUT2D eigenvalue weighted by molar-refractivity contribution is -0.119. The number of carbonyl (C=O) groups excluding carboxylic acids is 1. The molecule has 1 aliphatic rings. The molecule has 0 saturated carbocycles. The second-order valence-electron chi connectivity index (χ2n) is 6.28. The molecule has 0 aromatic heterocycles. The predicted molar refractivity (Wildman–Crippen MR) is 103 cm³/mol. The van der Waals surface area contributed by atoms with Gasteiger partial charge in [-0.1, -0.05) is 6.92 Å². The van der Waals surface area contributed by atoms with Gasteiger partial charge in [-0.2, -0.15) is 4.31 Å². The summed E-state index contributed by atoms with van der Waals surface area (Å²) in [6.07, 6.45) is 1.71. The van der Waals surface area contributed by atoms with Gasteiger partial charge in [0.25, 0.3) is 0 Å². The maximum Gasteiger partial charge on any atom is 0.242 e. The first-order chi connectivity index (χ1) is 12.9. The fourth-order valence-electron chi connectivity index (χ4n) is 3.04. The van der Waals surface area contributed by atoms with E-state index in [0.29, 0.717) is 56.2 Å². The third kappa shape index (κ3) is 5.57. The zero-order valence-electron chi connectivity index (χ0n) is 16.1. The first-order valence-electron chi connectivity index (χ1n) is 9.03. The van der Waals surface area contributed by atoms with Gasteiger partial charge >= 0.3 is 0 Å². The highest BCUT2D eigenvalue weighted by Gasteiger charge is 2.38. The van der Waals surface area contributed by atoms with E-state index in [-0.39, 0.29) is 11.7 Å². The number of hydrogen-bond donors (Lipinski definition) is 1. The van der Waals surface area contributed by atoms with E-state index in [1.807, 2.05) is 6.92 Å². The van der Waals surface area contributed by atoms with Crippen LogP contribution in [0.4, 0.5) is 5.69 Å². The molecule has 1 N–H and O–H groups in total. The summed E-state index contributed by atoms with van der Waals surface area (Å²) in [6.45, 7) is 2.96. The van der Waals surface area contributed by atoms with E-state index in [1.165, 1.54) is 11.4 Å². The number of anilines is 1. The average Bonchev–Trinajstić information content (AvgIpc) is 3.13. The molecule has 0 spiro atoms. The van der Waals surface area contributed by atoms with E-state index in [0.717, 1.165) is 0 Å². The fourth-order valence-corrected chi connectivity index (χ4v) is 4.78. The van der Waals surface area contributed by atoms with Crippen LogP contribution in [0.5, 0.6) is 11.5 Å². The molecule has 2 rings (SSSR count). The highest BCUT2D eigenvalue weighted by molar-refractivity contribution is 7.89. The number of amides is 1. The van der Waals surface area contributed by atoms with Crippen molar-refractivity contribution in [3.05, 3.63) is 18.2 Å². The summed E-state index contributed by atoms with van der Waals surface area (Å²) in [7, 11) is -0.302. The van der Waals surface area contributed by atoms with Gasteiger partial charge in [0, 0.05) is 25.4 Å². The lowest BCUT2D eigenvalue weighted by Gasteiger charge is -2.23. The van der Waals surface area contributed by atoms with Crippen LogP contribution in [-0.2, 0) is 19.6 Å². The maximum atomic E-state index is 12.7. The molecule has 0 bridgehead atoms. The van der Waals surface area contributed by atoms with Crippen LogP contribution < -0.4 is 14.8 Å². The first-order valence-corrected chi connectivity index (χ1v) is 10.6. The molecule has 1 aliphatic heterocycles. The van der Waals surface area contributed by atoms with Gasteiger partial charge in [0.15, 0.2) is 11.5 Å². The first kappa shape index (κ1) is 21.5. The van der Waals surface area contributed by atoms with Crippen molar-refractivity contribution in [2.24, 2.45) is 0 Å². The van der Waals surface area contributed by atoms with Crippen LogP contribution in [0.15, 0.2) is 18.2 Å². The summed E-state index contributed by atoms with van der Waals surface area (Å²) >= 11 is 0. The molecular weight excluding hydrogens is 372 g/mol. The van der Waals surface area contributed by atoms with E-state index in [9.17, 15) is 13.2 Å². The zero-order valence-corrected chi connectivity index (χ0v) is 16.9. The lowest BCUT2D eigenvalue weighted by atomic mass is 10.2. The van der Waals surface area contributed by atoms with Crippen molar-refractivity contribution >= 4 is 21.6 Å². The fraction of sp³-hybridized carbons (Fsp3) is 0.611. The number of carbonyl (C=O) groups is 1. The van der Waals surface area contributed by atoms with Crippen LogP contribution in [0.25, 0.3) is 0 Å². The number of methoxy groups -OCH3 is 2. The Balaban J connectivity index is 2.11. The molecule has 1 saturated heterocycles. The number of hydrogen-bond acceptors (Lipinski definition) is 6. The normalized spacial score (nSPS) is 17.7. The van der Waals surface area contributed by atoms with Crippen LogP contribution in [0.2, 0.25) is 0 Å². The highest BCUT2D eigenvalue weighted by Crippen LogP contribution is 2.31. The molecule has 27 heavy (non-hydrogen) atoms. The van der Waals surface area contributed by atoms with Crippen molar-refractivity contribution in [1.29, 1.82) is 0 Å². The molecule has 8 nitrogen and oxygen atoms in total. The molecule has 1 unspecified atom stereocenters. The van der Waals surface area contributed by atoms with Crippen molar-refractivity contribution in [2.75, 3.05) is 45.0 Å². The Kier molecular flexibility index (Phi) is 7.88. The number of nitrogens with zero attached hydrogens (tertiary/aromatic N) is 1. The van der Waals surface area contributed by atoms with Crippen LogP contribution >= 0.6 is 0 Å². The number of rotatable bonds is 10. The van der Waals surface area contributed by atoms with E-state index in [4.69, 9.17) is 14.2 Å². The summed E-state index contributed by atoms with van der Waals surface area (Å²) < 4.78 is 41.9. The molecule has 1 aromatic carbocycles. The molecule has 1 aromatic rings. The standard InChI is InChI=1S/C18H28N2O6S/c1-4-12-27(22,23)20-9-5-6-15(20)18(21)19-14-7-8-16(25-3)17(13-14)26-11-10-24-2/h7-8,13,15H,4-6,9-12H2,1-3H3,(H,19,21). The summed E-state index contributed by atoms with van der Waals surface area (Å²) in [5.74, 6) is 0.739. The zero-order chi connectivity index (χ0) is 19.9. The van der Waals surface area contributed by atoms with Crippen molar-refractivity contribution in [3.63, 3.8) is 0 Å². The lowest BCUT2D eigenvalue weighted by Crippen LogP contribution is -2.44. The Bertz CT molecular complexity index is 737. The maximum absolute atomic E-state index is 12.7. The minimum absolute atomic E-state index is 0.0524. The topological polar surface area (TPSA) is 94.2 Å². The second kappa shape index (κ2) is 9.91.